The minimum Gasteiger partial charge on any atom is -0.298 e. The molecule has 0 saturated heterocycles. The number of carbonyl (C=O) groups is 1. The molecule has 0 spiro atoms. The summed E-state index contributed by atoms with van der Waals surface area (Å²) < 4.78 is 0. The molecule has 0 aromatic rings. The van der Waals surface area contributed by atoms with Crippen LogP contribution in [0.5, 0.6) is 0 Å². The van der Waals surface area contributed by atoms with E-state index in [1.165, 1.54) is 0 Å². The van der Waals surface area contributed by atoms with Crippen molar-refractivity contribution in [1.82, 2.24) is 0 Å². The summed E-state index contributed by atoms with van der Waals surface area (Å²) in [6.45, 7) is 3.94. The number of fused-ring (bicyclic) bond motifs is 2. The van der Waals surface area contributed by atoms with Crippen LogP contribution in [0, 0.1) is 45.3 Å². The van der Waals surface area contributed by atoms with E-state index in [1.807, 2.05) is 13.8 Å². The highest BCUT2D eigenvalue weighted by Gasteiger charge is 2.68. The summed E-state index contributed by atoms with van der Waals surface area (Å²) in [5.41, 5.74) is -0.715. The summed E-state index contributed by atoms with van der Waals surface area (Å²) in [6, 6.07) is 4.30. The number of Topliss-reactive ketones (excluding diaryl/α,β-unsaturated/α-hetero) is 1. The van der Waals surface area contributed by atoms with Gasteiger partial charge in [-0.2, -0.15) is 10.5 Å². The van der Waals surface area contributed by atoms with Crippen molar-refractivity contribution in [3.63, 3.8) is 0 Å². The van der Waals surface area contributed by atoms with Crippen molar-refractivity contribution in [2.24, 2.45) is 22.7 Å². The van der Waals surface area contributed by atoms with Crippen LogP contribution in [0.15, 0.2) is 0 Å². The van der Waals surface area contributed by atoms with Crippen LogP contribution in [0.4, 0.5) is 0 Å². The Balaban J connectivity index is 2.50. The van der Waals surface area contributed by atoms with Gasteiger partial charge >= 0.3 is 0 Å². The van der Waals surface area contributed by atoms with Gasteiger partial charge in [0.05, 0.1) is 12.1 Å². The molecule has 2 bridgehead atoms. The van der Waals surface area contributed by atoms with Gasteiger partial charge in [0.2, 0.25) is 0 Å². The SMILES string of the molecule is CC12CCC(C(C#N)C1=O)C2(C)CC#N. The summed E-state index contributed by atoms with van der Waals surface area (Å²) in [5.74, 6) is -0.305. The number of rotatable bonds is 1. The Bertz CT molecular complexity index is 403. The molecule has 2 aliphatic rings. The topological polar surface area (TPSA) is 64.7 Å². The van der Waals surface area contributed by atoms with E-state index < -0.39 is 11.3 Å². The van der Waals surface area contributed by atoms with Crippen LogP contribution >= 0.6 is 0 Å². The zero-order chi connectivity index (χ0) is 11.3. The molecule has 15 heavy (non-hydrogen) atoms. The summed E-state index contributed by atoms with van der Waals surface area (Å²) in [4.78, 5) is 12.1. The predicted molar refractivity (Wildman–Crippen MR) is 53.3 cm³/mol. The molecular formula is C12H14N2O. The van der Waals surface area contributed by atoms with Crippen LogP contribution in [-0.4, -0.2) is 5.78 Å². The maximum Gasteiger partial charge on any atom is 0.156 e. The molecule has 0 amide bonds. The van der Waals surface area contributed by atoms with Crippen molar-refractivity contribution in [2.75, 3.05) is 0 Å². The van der Waals surface area contributed by atoms with E-state index in [4.69, 9.17) is 10.5 Å². The van der Waals surface area contributed by atoms with E-state index in [1.54, 1.807) is 0 Å². The largest absolute Gasteiger partial charge is 0.298 e. The van der Waals surface area contributed by atoms with Crippen LogP contribution in [0.1, 0.15) is 33.1 Å². The first kappa shape index (κ1) is 10.2. The van der Waals surface area contributed by atoms with E-state index in [-0.39, 0.29) is 17.1 Å². The van der Waals surface area contributed by atoms with Gasteiger partial charge in [0.15, 0.2) is 5.78 Å². The van der Waals surface area contributed by atoms with Gasteiger partial charge in [0.1, 0.15) is 5.92 Å². The van der Waals surface area contributed by atoms with Crippen molar-refractivity contribution in [2.45, 2.75) is 33.1 Å². The first-order valence-electron chi connectivity index (χ1n) is 5.32. The summed E-state index contributed by atoms with van der Waals surface area (Å²) in [5, 5.41) is 17.9. The standard InChI is InChI=1S/C12H14N2O/c1-11(5-6-13)9-3-4-12(11,2)10(15)8(9)7-14/h8-9H,3-5H2,1-2H3. The molecule has 0 aromatic heterocycles. The molecule has 3 nitrogen and oxygen atoms in total. The highest BCUT2D eigenvalue weighted by atomic mass is 16.1. The Kier molecular flexibility index (Phi) is 1.92. The molecule has 2 rings (SSSR count). The molecule has 4 unspecified atom stereocenters. The molecule has 2 fully saturated rings. The van der Waals surface area contributed by atoms with Gasteiger partial charge in [-0.15, -0.1) is 0 Å². The van der Waals surface area contributed by atoms with E-state index in [0.717, 1.165) is 12.8 Å². The monoisotopic (exact) mass is 202 g/mol. The van der Waals surface area contributed by atoms with Gasteiger partial charge in [0.25, 0.3) is 0 Å². The highest BCUT2D eigenvalue weighted by Crippen LogP contribution is 2.67. The van der Waals surface area contributed by atoms with Gasteiger partial charge in [-0.1, -0.05) is 13.8 Å². The van der Waals surface area contributed by atoms with Gasteiger partial charge in [-0.05, 0) is 24.2 Å². The Labute approximate surface area is 89.7 Å². The molecule has 0 aromatic carbocycles. The fraction of sp³-hybridized carbons (Fsp3) is 0.750. The van der Waals surface area contributed by atoms with Crippen LogP contribution < -0.4 is 0 Å². The highest BCUT2D eigenvalue weighted by molar-refractivity contribution is 5.93. The minimum atomic E-state index is -0.470. The van der Waals surface area contributed by atoms with Crippen molar-refractivity contribution in [1.29, 1.82) is 10.5 Å². The van der Waals surface area contributed by atoms with Gasteiger partial charge in [0, 0.05) is 11.8 Å². The summed E-state index contributed by atoms with van der Waals surface area (Å²) >= 11 is 0. The molecule has 0 N–H and O–H groups in total. The fourth-order valence-corrected chi connectivity index (χ4v) is 3.56. The minimum absolute atomic E-state index is 0.0685. The number of nitrogens with zero attached hydrogens (tertiary/aromatic N) is 2. The Morgan fingerprint density at radius 3 is 2.60 bits per heavy atom. The number of hydrogen-bond acceptors (Lipinski definition) is 3. The fourth-order valence-electron chi connectivity index (χ4n) is 3.56. The second-order valence-corrected chi connectivity index (χ2v) is 5.20. The Morgan fingerprint density at radius 2 is 2.13 bits per heavy atom. The van der Waals surface area contributed by atoms with Crippen molar-refractivity contribution in [3.05, 3.63) is 0 Å². The van der Waals surface area contributed by atoms with E-state index in [9.17, 15) is 4.79 Å². The van der Waals surface area contributed by atoms with Gasteiger partial charge in [-0.3, -0.25) is 4.79 Å². The van der Waals surface area contributed by atoms with Crippen molar-refractivity contribution < 1.29 is 4.79 Å². The lowest BCUT2D eigenvalue weighted by Gasteiger charge is -2.34. The number of ketones is 1. The maximum absolute atomic E-state index is 12.1. The second-order valence-electron chi connectivity index (χ2n) is 5.20. The molecule has 0 radical (unpaired) electrons. The molecule has 4 atom stereocenters. The van der Waals surface area contributed by atoms with Crippen molar-refractivity contribution in [3.8, 4) is 12.1 Å². The maximum atomic E-state index is 12.1. The van der Waals surface area contributed by atoms with E-state index in [0.29, 0.717) is 6.42 Å². The zero-order valence-electron chi connectivity index (χ0n) is 9.08. The number of hydrogen-bond donors (Lipinski definition) is 0. The molecule has 3 heteroatoms. The summed E-state index contributed by atoms with van der Waals surface area (Å²) in [7, 11) is 0. The molecule has 0 aliphatic heterocycles. The van der Waals surface area contributed by atoms with Crippen LogP contribution in [-0.2, 0) is 4.79 Å². The third-order valence-corrected chi connectivity index (χ3v) is 4.85. The molecule has 2 aliphatic carbocycles. The first-order valence-corrected chi connectivity index (χ1v) is 5.32. The number of nitriles is 2. The Hall–Kier alpha value is -1.35. The zero-order valence-corrected chi connectivity index (χ0v) is 9.08. The van der Waals surface area contributed by atoms with E-state index in [2.05, 4.69) is 12.1 Å². The third-order valence-electron chi connectivity index (χ3n) is 4.85. The lowest BCUT2D eigenvalue weighted by atomic mass is 9.67. The molecule has 78 valence electrons. The normalized spacial score (nSPS) is 47.6. The molecule has 2 saturated carbocycles. The average molecular weight is 202 g/mol. The van der Waals surface area contributed by atoms with Gasteiger partial charge < -0.3 is 0 Å². The lowest BCUT2D eigenvalue weighted by molar-refractivity contribution is -0.130. The van der Waals surface area contributed by atoms with Crippen LogP contribution in [0.3, 0.4) is 0 Å². The third kappa shape index (κ3) is 0.913. The first-order chi connectivity index (χ1) is 7.01. The number of carbonyl (C=O) groups excluding carboxylic acids is 1. The van der Waals surface area contributed by atoms with Crippen LogP contribution in [0.2, 0.25) is 0 Å². The molecule has 0 heterocycles. The lowest BCUT2D eigenvalue weighted by Crippen LogP contribution is -2.35. The molecular weight excluding hydrogens is 188 g/mol. The summed E-state index contributed by atoms with van der Waals surface area (Å²) in [6.07, 6.45) is 2.14. The average Bonchev–Trinajstić information content (AvgIpc) is 2.52. The van der Waals surface area contributed by atoms with Gasteiger partial charge in [-0.25, -0.2) is 0 Å². The predicted octanol–water partition coefficient (Wildman–Crippen LogP) is 2.05. The second kappa shape index (κ2) is 2.83. The quantitative estimate of drug-likeness (QED) is 0.653. The van der Waals surface area contributed by atoms with E-state index >= 15 is 0 Å². The van der Waals surface area contributed by atoms with Crippen molar-refractivity contribution >= 4 is 5.78 Å². The smallest absolute Gasteiger partial charge is 0.156 e. The Morgan fingerprint density at radius 1 is 1.47 bits per heavy atom. The van der Waals surface area contributed by atoms with Crippen LogP contribution in [0.25, 0.3) is 0 Å².